The van der Waals surface area contributed by atoms with Crippen LogP contribution in [0.1, 0.15) is 16.7 Å². The lowest BCUT2D eigenvalue weighted by molar-refractivity contribution is -0.275. The summed E-state index contributed by atoms with van der Waals surface area (Å²) < 4.78 is 86.1. The minimum Gasteiger partial charge on any atom is -0.406 e. The average molecular weight is 558 g/mol. The zero-order valence-corrected chi connectivity index (χ0v) is 20.1. The van der Waals surface area contributed by atoms with Gasteiger partial charge in [0, 0.05) is 13.0 Å². The second-order valence-electron chi connectivity index (χ2n) is 8.39. The van der Waals surface area contributed by atoms with Crippen LogP contribution < -0.4 is 20.1 Å². The molecular formula is C26H24F6N2O5. The molecule has 3 aromatic rings. The summed E-state index contributed by atoms with van der Waals surface area (Å²) in [7, 11) is 0. The zero-order valence-electron chi connectivity index (χ0n) is 20.1. The molecule has 0 aliphatic rings. The van der Waals surface area contributed by atoms with E-state index in [-0.39, 0.29) is 17.5 Å². The van der Waals surface area contributed by atoms with Crippen molar-refractivity contribution in [2.45, 2.75) is 30.8 Å². The maximum atomic E-state index is 13.0. The maximum absolute atomic E-state index is 13.0. The summed E-state index contributed by atoms with van der Waals surface area (Å²) in [6.07, 6.45) is -11.5. The van der Waals surface area contributed by atoms with Crippen LogP contribution in [0.3, 0.4) is 0 Å². The van der Waals surface area contributed by atoms with Crippen molar-refractivity contribution < 1.29 is 50.8 Å². The molecule has 0 saturated carbocycles. The van der Waals surface area contributed by atoms with Crippen molar-refractivity contribution in [1.29, 1.82) is 0 Å². The highest BCUT2D eigenvalue weighted by Crippen LogP contribution is 2.38. The zero-order chi connectivity index (χ0) is 28.7. The fraction of sp³-hybridized carbons (Fsp3) is 0.269. The third kappa shape index (κ3) is 8.79. The van der Waals surface area contributed by atoms with Crippen LogP contribution in [0.2, 0.25) is 0 Å². The highest BCUT2D eigenvalue weighted by atomic mass is 19.4. The number of carbonyl (C=O) groups is 1. The van der Waals surface area contributed by atoms with E-state index in [1.54, 1.807) is 30.3 Å². The van der Waals surface area contributed by atoms with Crippen LogP contribution in [0, 0.1) is 0 Å². The second kappa shape index (κ2) is 12.3. The van der Waals surface area contributed by atoms with Crippen LogP contribution in [0.4, 0.5) is 31.1 Å². The van der Waals surface area contributed by atoms with E-state index in [0.717, 1.165) is 24.3 Å². The maximum Gasteiger partial charge on any atom is 0.573 e. The SMILES string of the molecule is O=C(NC[C@@H](O)CO)NC(Cc1ccccc1)(c1cccc(OC(F)(F)F)c1)c1cccc(OC(F)(F)F)c1. The monoisotopic (exact) mass is 558 g/mol. The molecule has 39 heavy (non-hydrogen) atoms. The predicted molar refractivity (Wildman–Crippen MR) is 127 cm³/mol. The molecule has 2 amide bonds. The van der Waals surface area contributed by atoms with Gasteiger partial charge in [0.05, 0.1) is 18.2 Å². The molecule has 0 fully saturated rings. The van der Waals surface area contributed by atoms with Crippen molar-refractivity contribution in [2.75, 3.05) is 13.2 Å². The fourth-order valence-corrected chi connectivity index (χ4v) is 3.89. The normalized spacial score (nSPS) is 12.9. The van der Waals surface area contributed by atoms with Gasteiger partial charge in [0.1, 0.15) is 11.5 Å². The van der Waals surface area contributed by atoms with E-state index in [9.17, 15) is 36.2 Å². The van der Waals surface area contributed by atoms with Gasteiger partial charge in [-0.05, 0) is 41.0 Å². The minimum absolute atomic E-state index is 0.0371. The lowest BCUT2D eigenvalue weighted by Crippen LogP contribution is -2.53. The second-order valence-corrected chi connectivity index (χ2v) is 8.39. The van der Waals surface area contributed by atoms with Crippen LogP contribution in [-0.2, 0) is 12.0 Å². The standard InChI is InChI=1S/C26H24F6N2O5/c27-25(28,29)38-21-10-4-8-18(12-21)24(14-17-6-2-1-3-7-17,34-23(37)33-15-20(36)16-35)19-9-5-11-22(13-19)39-26(30,31)32/h1-13,20,35-36H,14-16H2,(H2,33,34,37)/t20-/m1/s1. The van der Waals surface area contributed by atoms with Crippen LogP contribution in [-0.4, -0.2) is 48.2 Å². The number of ether oxygens (including phenoxy) is 2. The molecule has 1 atom stereocenters. The summed E-state index contributed by atoms with van der Waals surface area (Å²) >= 11 is 0. The molecule has 4 N–H and O–H groups in total. The van der Waals surface area contributed by atoms with Gasteiger partial charge >= 0.3 is 18.8 Å². The predicted octanol–water partition coefficient (Wildman–Crippen LogP) is 4.62. The van der Waals surface area contributed by atoms with Crippen molar-refractivity contribution in [3.8, 4) is 11.5 Å². The summed E-state index contributed by atoms with van der Waals surface area (Å²) in [5.74, 6) is -1.25. The van der Waals surface area contributed by atoms with Gasteiger partial charge in [0.2, 0.25) is 0 Å². The van der Waals surface area contributed by atoms with Crippen molar-refractivity contribution in [3.05, 3.63) is 95.6 Å². The molecule has 210 valence electrons. The highest BCUT2D eigenvalue weighted by Gasteiger charge is 2.39. The van der Waals surface area contributed by atoms with Gasteiger partial charge in [0.15, 0.2) is 0 Å². The third-order valence-corrected chi connectivity index (χ3v) is 5.47. The summed E-state index contributed by atoms with van der Waals surface area (Å²) in [5, 5.41) is 23.7. The molecule has 13 heteroatoms. The number of hydrogen-bond acceptors (Lipinski definition) is 5. The number of benzene rings is 3. The van der Waals surface area contributed by atoms with E-state index < -0.39 is 55.0 Å². The number of amides is 2. The Balaban J connectivity index is 2.21. The number of aliphatic hydroxyl groups excluding tert-OH is 2. The lowest BCUT2D eigenvalue weighted by atomic mass is 9.77. The van der Waals surface area contributed by atoms with E-state index in [2.05, 4.69) is 20.1 Å². The van der Waals surface area contributed by atoms with Crippen molar-refractivity contribution in [1.82, 2.24) is 10.6 Å². The van der Waals surface area contributed by atoms with Crippen LogP contribution in [0.25, 0.3) is 0 Å². The molecule has 0 aliphatic heterocycles. The molecule has 0 bridgehead atoms. The van der Waals surface area contributed by atoms with Crippen molar-refractivity contribution >= 4 is 6.03 Å². The number of alkyl halides is 6. The number of aliphatic hydroxyl groups is 2. The Morgan fingerprint density at radius 1 is 0.795 bits per heavy atom. The van der Waals surface area contributed by atoms with Crippen LogP contribution >= 0.6 is 0 Å². The fourth-order valence-electron chi connectivity index (χ4n) is 3.89. The van der Waals surface area contributed by atoms with Crippen LogP contribution in [0.15, 0.2) is 78.9 Å². The average Bonchev–Trinajstić information content (AvgIpc) is 2.85. The van der Waals surface area contributed by atoms with E-state index in [1.165, 1.54) is 24.3 Å². The third-order valence-electron chi connectivity index (χ3n) is 5.47. The van der Waals surface area contributed by atoms with Crippen LogP contribution in [0.5, 0.6) is 11.5 Å². The number of urea groups is 1. The Morgan fingerprint density at radius 3 is 1.77 bits per heavy atom. The smallest absolute Gasteiger partial charge is 0.406 e. The molecule has 3 aromatic carbocycles. The topological polar surface area (TPSA) is 100 Å². The molecule has 0 saturated heterocycles. The molecular weight excluding hydrogens is 534 g/mol. The van der Waals surface area contributed by atoms with E-state index in [0.29, 0.717) is 5.56 Å². The molecule has 0 unspecified atom stereocenters. The largest absolute Gasteiger partial charge is 0.573 e. The molecule has 0 radical (unpaired) electrons. The van der Waals surface area contributed by atoms with Gasteiger partial charge in [-0.3, -0.25) is 0 Å². The molecule has 0 aromatic heterocycles. The van der Waals surface area contributed by atoms with Gasteiger partial charge < -0.3 is 30.3 Å². The van der Waals surface area contributed by atoms with E-state index >= 15 is 0 Å². The summed E-state index contributed by atoms with van der Waals surface area (Å²) in [6, 6.07) is 16.8. The first-order valence-corrected chi connectivity index (χ1v) is 11.4. The Morgan fingerprint density at radius 2 is 1.31 bits per heavy atom. The summed E-state index contributed by atoms with van der Waals surface area (Å²) in [5.41, 5.74) is -1.13. The molecule has 7 nitrogen and oxygen atoms in total. The Labute approximate surface area is 219 Å². The van der Waals surface area contributed by atoms with Gasteiger partial charge in [-0.2, -0.15) is 0 Å². The molecule has 0 spiro atoms. The molecule has 0 heterocycles. The highest BCUT2D eigenvalue weighted by molar-refractivity contribution is 5.76. The number of rotatable bonds is 10. The van der Waals surface area contributed by atoms with Gasteiger partial charge in [-0.1, -0.05) is 54.6 Å². The van der Waals surface area contributed by atoms with Gasteiger partial charge in [-0.25, -0.2) is 4.79 Å². The first-order valence-electron chi connectivity index (χ1n) is 11.4. The summed E-state index contributed by atoms with van der Waals surface area (Å²) in [4.78, 5) is 13.0. The first-order chi connectivity index (χ1) is 18.3. The van der Waals surface area contributed by atoms with E-state index in [1.807, 2.05) is 0 Å². The van der Waals surface area contributed by atoms with Crippen molar-refractivity contribution in [3.63, 3.8) is 0 Å². The van der Waals surface area contributed by atoms with Gasteiger partial charge in [0.25, 0.3) is 0 Å². The number of hydrogen-bond donors (Lipinski definition) is 4. The first kappa shape index (κ1) is 29.6. The quantitative estimate of drug-likeness (QED) is 0.272. The Kier molecular flexibility index (Phi) is 9.30. The number of carbonyl (C=O) groups excluding carboxylic acids is 1. The van der Waals surface area contributed by atoms with Crippen molar-refractivity contribution in [2.24, 2.45) is 0 Å². The van der Waals surface area contributed by atoms with E-state index in [4.69, 9.17) is 5.11 Å². The lowest BCUT2D eigenvalue weighted by Gasteiger charge is -2.37. The minimum atomic E-state index is -5.04. The summed E-state index contributed by atoms with van der Waals surface area (Å²) in [6.45, 7) is -1.05. The molecule has 0 aliphatic carbocycles. The number of halogens is 6. The Bertz CT molecular complexity index is 1180. The molecule has 3 rings (SSSR count). The number of nitrogens with one attached hydrogen (secondary N) is 2. The van der Waals surface area contributed by atoms with Gasteiger partial charge in [-0.15, -0.1) is 26.3 Å². The Hall–Kier alpha value is -3.97.